The quantitative estimate of drug-likeness (QED) is 0.357. The van der Waals surface area contributed by atoms with Crippen molar-refractivity contribution in [2.24, 2.45) is 5.92 Å². The lowest BCUT2D eigenvalue weighted by Crippen LogP contribution is -2.47. The van der Waals surface area contributed by atoms with Crippen molar-refractivity contribution in [1.29, 1.82) is 0 Å². The number of halogens is 1. The Bertz CT molecular complexity index is 1440. The van der Waals surface area contributed by atoms with Gasteiger partial charge >= 0.3 is 6.09 Å². The summed E-state index contributed by atoms with van der Waals surface area (Å²) in [5.41, 5.74) is -0.936. The number of amides is 2. The van der Waals surface area contributed by atoms with Crippen molar-refractivity contribution in [3.8, 4) is 0 Å². The number of carbonyl (C=O) groups is 3. The summed E-state index contributed by atoms with van der Waals surface area (Å²) < 4.78 is 24.8. The van der Waals surface area contributed by atoms with Gasteiger partial charge in [0, 0.05) is 5.92 Å². The number of Topliss-reactive ketones (excluding diaryl/α,β-unsaturated/α-hetero) is 1. The smallest absolute Gasteiger partial charge is 0.411 e. The topological polar surface area (TPSA) is 158 Å². The van der Waals surface area contributed by atoms with E-state index in [1.54, 1.807) is 53.7 Å². The number of ether oxygens (including phenoxy) is 1. The Morgan fingerprint density at radius 3 is 2.33 bits per heavy atom. The summed E-state index contributed by atoms with van der Waals surface area (Å²) in [5.74, 6) is -2.07. The van der Waals surface area contributed by atoms with Crippen molar-refractivity contribution in [3.63, 3.8) is 0 Å². The standard InChI is InChI=1S/C27H33FN6O6/c1-14(2)20(21(36)23-32-33-25(40-23)27(5,6)16-8-10-17(28)11-9-16)31-19(35)13-34-22(15(3)4)29-12-18(24(34)37)30-26(38)39-7/h8-12,14-15,20H,13H2,1-7H3,(H,30,38)(H,31,35). The number of hydrogen-bond acceptors (Lipinski definition) is 9. The molecule has 13 heteroatoms. The highest BCUT2D eigenvalue weighted by atomic mass is 19.1. The van der Waals surface area contributed by atoms with Crippen LogP contribution in [0.1, 0.15) is 75.4 Å². The Hall–Kier alpha value is -4.42. The minimum absolute atomic E-state index is 0.144. The molecule has 2 aromatic heterocycles. The molecule has 0 aliphatic heterocycles. The van der Waals surface area contributed by atoms with Crippen LogP contribution in [0.2, 0.25) is 0 Å². The number of methoxy groups -OCH3 is 1. The largest absolute Gasteiger partial charge is 0.453 e. The molecule has 214 valence electrons. The van der Waals surface area contributed by atoms with Crippen molar-refractivity contribution < 1.29 is 27.9 Å². The first-order valence-corrected chi connectivity index (χ1v) is 12.6. The normalized spacial score (nSPS) is 12.3. The molecule has 0 aliphatic carbocycles. The number of hydrogen-bond donors (Lipinski definition) is 2. The molecule has 0 saturated carbocycles. The molecule has 40 heavy (non-hydrogen) atoms. The summed E-state index contributed by atoms with van der Waals surface area (Å²) >= 11 is 0. The Kier molecular flexibility index (Phi) is 9.17. The number of nitrogens with one attached hydrogen (secondary N) is 2. The van der Waals surface area contributed by atoms with E-state index in [9.17, 15) is 23.6 Å². The predicted molar refractivity (Wildman–Crippen MR) is 143 cm³/mol. The van der Waals surface area contributed by atoms with Gasteiger partial charge in [-0.15, -0.1) is 10.2 Å². The Labute approximate surface area is 230 Å². The zero-order valence-corrected chi connectivity index (χ0v) is 23.4. The lowest BCUT2D eigenvalue weighted by molar-refractivity contribution is -0.122. The summed E-state index contributed by atoms with van der Waals surface area (Å²) in [6, 6.07) is 4.77. The maximum Gasteiger partial charge on any atom is 0.411 e. The maximum absolute atomic E-state index is 13.4. The van der Waals surface area contributed by atoms with E-state index in [1.165, 1.54) is 18.3 Å². The van der Waals surface area contributed by atoms with Crippen molar-refractivity contribution >= 4 is 23.5 Å². The van der Waals surface area contributed by atoms with E-state index in [-0.39, 0.29) is 35.1 Å². The third kappa shape index (κ3) is 6.58. The number of benzene rings is 1. The molecule has 2 N–H and O–H groups in total. The molecule has 0 bridgehead atoms. The van der Waals surface area contributed by atoms with Gasteiger partial charge in [-0.1, -0.05) is 39.8 Å². The van der Waals surface area contributed by atoms with Gasteiger partial charge in [-0.05, 0) is 37.5 Å². The zero-order chi connectivity index (χ0) is 29.8. The van der Waals surface area contributed by atoms with Gasteiger partial charge in [0.2, 0.25) is 17.6 Å². The fourth-order valence-electron chi connectivity index (χ4n) is 3.96. The molecule has 1 unspecified atom stereocenters. The molecule has 0 radical (unpaired) electrons. The third-order valence-corrected chi connectivity index (χ3v) is 6.32. The van der Waals surface area contributed by atoms with Crippen LogP contribution >= 0.6 is 0 Å². The van der Waals surface area contributed by atoms with E-state index >= 15 is 0 Å². The Morgan fingerprint density at radius 1 is 1.10 bits per heavy atom. The second kappa shape index (κ2) is 12.2. The molecule has 1 aromatic carbocycles. The Balaban J connectivity index is 1.84. The molecule has 0 aliphatic rings. The van der Waals surface area contributed by atoms with E-state index in [4.69, 9.17) is 4.42 Å². The molecule has 12 nitrogen and oxygen atoms in total. The van der Waals surface area contributed by atoms with Gasteiger partial charge in [-0.2, -0.15) is 0 Å². The lowest BCUT2D eigenvalue weighted by atomic mass is 9.84. The Morgan fingerprint density at radius 2 is 1.75 bits per heavy atom. The van der Waals surface area contributed by atoms with Crippen LogP contribution in [0.3, 0.4) is 0 Å². The molecule has 0 spiro atoms. The first-order chi connectivity index (χ1) is 18.8. The number of aromatic nitrogens is 4. The van der Waals surface area contributed by atoms with Gasteiger partial charge in [0.15, 0.2) is 0 Å². The monoisotopic (exact) mass is 556 g/mol. The van der Waals surface area contributed by atoms with Gasteiger partial charge in [0.05, 0.1) is 24.8 Å². The van der Waals surface area contributed by atoms with Gasteiger partial charge in [0.25, 0.3) is 11.4 Å². The highest BCUT2D eigenvalue weighted by Gasteiger charge is 2.34. The van der Waals surface area contributed by atoms with Crippen LogP contribution in [0.4, 0.5) is 14.9 Å². The average Bonchev–Trinajstić information content (AvgIpc) is 3.40. The number of anilines is 1. The van der Waals surface area contributed by atoms with E-state index in [0.717, 1.165) is 11.7 Å². The molecule has 3 rings (SSSR count). The van der Waals surface area contributed by atoms with Gasteiger partial charge in [0.1, 0.15) is 23.9 Å². The molecular formula is C27H33FN6O6. The minimum atomic E-state index is -1.04. The van der Waals surface area contributed by atoms with E-state index in [2.05, 4.69) is 30.6 Å². The molecule has 0 saturated heterocycles. The van der Waals surface area contributed by atoms with Crippen LogP contribution in [0.25, 0.3) is 0 Å². The first kappa shape index (κ1) is 30.1. The third-order valence-electron chi connectivity index (χ3n) is 6.32. The highest BCUT2D eigenvalue weighted by molar-refractivity contribution is 5.98. The molecule has 2 heterocycles. The second-order valence-corrected chi connectivity index (χ2v) is 10.4. The van der Waals surface area contributed by atoms with Gasteiger partial charge in [-0.3, -0.25) is 24.3 Å². The van der Waals surface area contributed by atoms with Crippen LogP contribution in [0.15, 0.2) is 39.7 Å². The van der Waals surface area contributed by atoms with Crippen molar-refractivity contribution in [3.05, 3.63) is 69.8 Å². The number of carbonyl (C=O) groups excluding carboxylic acids is 3. The van der Waals surface area contributed by atoms with Crippen LogP contribution in [-0.4, -0.2) is 50.7 Å². The molecule has 3 aromatic rings. The van der Waals surface area contributed by atoms with Gasteiger partial charge < -0.3 is 14.5 Å². The summed E-state index contributed by atoms with van der Waals surface area (Å²) in [6.45, 7) is 10.2. The summed E-state index contributed by atoms with van der Waals surface area (Å²) in [6.07, 6.45) is 0.337. The summed E-state index contributed by atoms with van der Waals surface area (Å²) in [7, 11) is 1.15. The maximum atomic E-state index is 13.4. The van der Waals surface area contributed by atoms with Crippen LogP contribution < -0.4 is 16.2 Å². The zero-order valence-electron chi connectivity index (χ0n) is 23.4. The van der Waals surface area contributed by atoms with Crippen LogP contribution in [0, 0.1) is 11.7 Å². The first-order valence-electron chi connectivity index (χ1n) is 12.6. The van der Waals surface area contributed by atoms with E-state index < -0.39 is 41.3 Å². The fourth-order valence-corrected chi connectivity index (χ4v) is 3.96. The lowest BCUT2D eigenvalue weighted by Gasteiger charge is -2.22. The summed E-state index contributed by atoms with van der Waals surface area (Å²) in [4.78, 5) is 55.3. The van der Waals surface area contributed by atoms with Crippen molar-refractivity contribution in [1.82, 2.24) is 25.1 Å². The van der Waals surface area contributed by atoms with E-state index in [0.29, 0.717) is 11.4 Å². The molecule has 2 amide bonds. The minimum Gasteiger partial charge on any atom is -0.453 e. The van der Waals surface area contributed by atoms with Crippen molar-refractivity contribution in [2.45, 2.75) is 65.5 Å². The highest BCUT2D eigenvalue weighted by Crippen LogP contribution is 2.30. The number of nitrogens with zero attached hydrogens (tertiary/aromatic N) is 4. The van der Waals surface area contributed by atoms with Crippen molar-refractivity contribution in [2.75, 3.05) is 12.4 Å². The van der Waals surface area contributed by atoms with Crippen LogP contribution in [-0.2, 0) is 21.5 Å². The number of rotatable bonds is 10. The molecule has 1 atom stereocenters. The molecule has 0 fully saturated rings. The van der Waals surface area contributed by atoms with Gasteiger partial charge in [-0.25, -0.2) is 14.2 Å². The second-order valence-electron chi connectivity index (χ2n) is 10.4. The number of ketones is 1. The summed E-state index contributed by atoms with van der Waals surface area (Å²) in [5, 5.41) is 12.9. The fraction of sp³-hybridized carbons (Fsp3) is 0.444. The average molecular weight is 557 g/mol. The van der Waals surface area contributed by atoms with Crippen LogP contribution in [0.5, 0.6) is 0 Å². The predicted octanol–water partition coefficient (Wildman–Crippen LogP) is 3.42. The van der Waals surface area contributed by atoms with E-state index in [1.807, 2.05) is 0 Å². The SMILES string of the molecule is COC(=O)Nc1cnc(C(C)C)n(CC(=O)NC(C(=O)c2nnc(C(C)(C)c3ccc(F)cc3)o2)C(C)C)c1=O. The molecular weight excluding hydrogens is 523 g/mol.